The molecule has 219 valence electrons. The van der Waals surface area contributed by atoms with Gasteiger partial charge in [0.1, 0.15) is 0 Å². The molecule has 5 unspecified atom stereocenters. The number of hydrogen-bond acceptors (Lipinski definition) is 0. The van der Waals surface area contributed by atoms with E-state index in [0.29, 0.717) is 18.1 Å². The van der Waals surface area contributed by atoms with Gasteiger partial charge in [-0.1, -0.05) is 0 Å². The quantitative estimate of drug-likeness (QED) is 0.175. The molecule has 5 aliphatic rings. The minimum atomic E-state index is -4.97. The third-order valence-electron chi connectivity index (χ3n) is 12.6. The van der Waals surface area contributed by atoms with Crippen molar-refractivity contribution in [2.24, 2.45) is 0 Å². The van der Waals surface area contributed by atoms with Crippen molar-refractivity contribution in [1.29, 1.82) is 0 Å². The second-order valence-electron chi connectivity index (χ2n) is 14.0. The van der Waals surface area contributed by atoms with Gasteiger partial charge in [0.2, 0.25) is 0 Å². The van der Waals surface area contributed by atoms with Crippen LogP contribution in [0.3, 0.4) is 0 Å². The van der Waals surface area contributed by atoms with E-state index in [9.17, 15) is 0 Å². The van der Waals surface area contributed by atoms with Crippen molar-refractivity contribution in [1.82, 2.24) is 0 Å². The molecule has 46 heavy (non-hydrogen) atoms. The van der Waals surface area contributed by atoms with Gasteiger partial charge in [0, 0.05) is 0 Å². The average molecular weight is 667 g/mol. The standard InChI is InChI=1S/5C9H7.Zr/c5*1-2-5-9-7-3-6-8(9)4-1;/h5*1-7H;. The van der Waals surface area contributed by atoms with Gasteiger partial charge in [-0.2, -0.15) is 0 Å². The van der Waals surface area contributed by atoms with Crippen LogP contribution in [0.1, 0.15) is 73.8 Å². The van der Waals surface area contributed by atoms with Gasteiger partial charge < -0.3 is 0 Å². The summed E-state index contributed by atoms with van der Waals surface area (Å²) >= 11 is -4.97. The zero-order valence-electron chi connectivity index (χ0n) is 25.7. The first-order valence-corrected chi connectivity index (χ1v) is 23.9. The first kappa shape index (κ1) is 26.9. The third kappa shape index (κ3) is 3.23. The fourth-order valence-electron chi connectivity index (χ4n) is 11.1. The molecule has 0 spiro atoms. The summed E-state index contributed by atoms with van der Waals surface area (Å²) in [5.74, 6) is 0. The van der Waals surface area contributed by atoms with Crippen LogP contribution in [0.25, 0.3) is 30.4 Å². The Bertz CT molecular complexity index is 1850. The Morgan fingerprint density at radius 3 is 0.674 bits per heavy atom. The predicted molar refractivity (Wildman–Crippen MR) is 191 cm³/mol. The van der Waals surface area contributed by atoms with Crippen LogP contribution in [0.5, 0.6) is 0 Å². The molecule has 0 radical (unpaired) electrons. The Hall–Kier alpha value is -4.32. The average Bonchev–Trinajstić information content (AvgIpc) is 3.96. The van der Waals surface area contributed by atoms with E-state index in [1.165, 1.54) is 55.6 Å². The number of allylic oxidation sites excluding steroid dienone is 5. The van der Waals surface area contributed by atoms with E-state index in [1.807, 2.05) is 0 Å². The topological polar surface area (TPSA) is 0 Å². The van der Waals surface area contributed by atoms with E-state index in [-0.39, 0.29) is 0 Å². The zero-order chi connectivity index (χ0) is 30.3. The molecule has 5 aromatic carbocycles. The summed E-state index contributed by atoms with van der Waals surface area (Å²) in [5, 5.41) is 0. The minimum absolute atomic E-state index is 0.320. The third-order valence-corrected chi connectivity index (χ3v) is 36.4. The van der Waals surface area contributed by atoms with Crippen LogP contribution in [0.4, 0.5) is 0 Å². The Balaban J connectivity index is 1.45. The van der Waals surface area contributed by atoms with Crippen LogP contribution in [0.2, 0.25) is 0 Å². The molecule has 5 aliphatic carbocycles. The fraction of sp³-hybridized carbons (Fsp3) is 0.111. The van der Waals surface area contributed by atoms with E-state index in [4.69, 9.17) is 0 Å². The molecule has 0 saturated heterocycles. The van der Waals surface area contributed by atoms with Gasteiger partial charge in [-0.25, -0.2) is 0 Å². The summed E-state index contributed by atoms with van der Waals surface area (Å²) in [6.07, 6.45) is 25.8. The Morgan fingerprint density at radius 1 is 0.261 bits per heavy atom. The summed E-state index contributed by atoms with van der Waals surface area (Å²) in [6, 6.07) is 46.7. The van der Waals surface area contributed by atoms with Crippen molar-refractivity contribution in [3.8, 4) is 0 Å². The first-order chi connectivity index (χ1) is 22.8. The van der Waals surface area contributed by atoms with E-state index in [2.05, 4.69) is 182 Å². The molecule has 0 N–H and O–H groups in total. The van der Waals surface area contributed by atoms with Gasteiger partial charge in [-0.3, -0.25) is 0 Å². The normalized spacial score (nSPS) is 24.8. The van der Waals surface area contributed by atoms with Gasteiger partial charge in [-0.15, -0.1) is 0 Å². The van der Waals surface area contributed by atoms with Gasteiger partial charge in [0.25, 0.3) is 0 Å². The molecule has 1 heteroatoms. The summed E-state index contributed by atoms with van der Waals surface area (Å²) in [4.78, 5) is 0. The molecule has 5 atom stereocenters. The van der Waals surface area contributed by atoms with Crippen LogP contribution >= 0.6 is 0 Å². The van der Waals surface area contributed by atoms with Gasteiger partial charge in [0.05, 0.1) is 0 Å². The van der Waals surface area contributed by atoms with Gasteiger partial charge in [0.15, 0.2) is 0 Å². The molecule has 0 fully saturated rings. The second kappa shape index (κ2) is 9.84. The van der Waals surface area contributed by atoms with Gasteiger partial charge in [-0.05, 0) is 0 Å². The van der Waals surface area contributed by atoms with Crippen LogP contribution in [0, 0.1) is 0 Å². The summed E-state index contributed by atoms with van der Waals surface area (Å²) in [5.41, 5.74) is 14.6. The molecule has 5 aromatic rings. The zero-order valence-corrected chi connectivity index (χ0v) is 28.2. The molecule has 0 bridgehead atoms. The second-order valence-corrected chi connectivity index (χ2v) is 29.8. The Labute approximate surface area is 273 Å². The van der Waals surface area contributed by atoms with Crippen molar-refractivity contribution in [3.63, 3.8) is 0 Å². The Morgan fingerprint density at radius 2 is 0.457 bits per heavy atom. The Kier molecular flexibility index (Phi) is 5.75. The van der Waals surface area contributed by atoms with Crippen LogP contribution < -0.4 is 0 Å². The maximum atomic E-state index is 2.68. The van der Waals surface area contributed by atoms with Crippen LogP contribution in [-0.4, -0.2) is 0 Å². The number of hydrogen-bond donors (Lipinski definition) is 0. The summed E-state index contributed by atoms with van der Waals surface area (Å²) in [6.45, 7) is 0. The van der Waals surface area contributed by atoms with E-state index in [0.717, 1.165) is 0 Å². The van der Waals surface area contributed by atoms with Crippen LogP contribution in [0.15, 0.2) is 152 Å². The SMILES string of the molecule is C1=C[CH]([Zr]([CH]2C=Cc3ccccc32)([CH]2C=Cc3ccccc32)([CH]2C=Cc3ccccc32)[CH]2C=Cc3ccccc32)c2ccccc21. The molecule has 10 rings (SSSR count). The van der Waals surface area contributed by atoms with E-state index >= 15 is 0 Å². The molecule has 0 aliphatic heterocycles. The molecular formula is C45H35Zr. The number of rotatable bonds is 5. The molecular weight excluding hydrogens is 632 g/mol. The van der Waals surface area contributed by atoms with Crippen LogP contribution in [-0.2, 0) is 18.8 Å². The van der Waals surface area contributed by atoms with Crippen molar-refractivity contribution >= 4 is 30.4 Å². The summed E-state index contributed by atoms with van der Waals surface area (Å²) < 4.78 is 1.60. The molecule has 0 heterocycles. The van der Waals surface area contributed by atoms with E-state index in [1.54, 1.807) is 0 Å². The molecule has 0 saturated carbocycles. The fourth-order valence-corrected chi connectivity index (χ4v) is 39.3. The van der Waals surface area contributed by atoms with Crippen molar-refractivity contribution in [2.45, 2.75) is 18.1 Å². The number of benzene rings is 5. The summed E-state index contributed by atoms with van der Waals surface area (Å²) in [7, 11) is 0. The van der Waals surface area contributed by atoms with Gasteiger partial charge >= 0.3 is 275 Å². The molecule has 0 aromatic heterocycles. The maximum absolute atomic E-state index is 4.97. The monoisotopic (exact) mass is 665 g/mol. The number of fused-ring (bicyclic) bond motifs is 5. The van der Waals surface area contributed by atoms with Crippen molar-refractivity contribution in [3.05, 3.63) is 207 Å². The molecule has 0 nitrogen and oxygen atoms in total. The van der Waals surface area contributed by atoms with E-state index < -0.39 is 18.8 Å². The van der Waals surface area contributed by atoms with Crippen molar-refractivity contribution in [2.75, 3.05) is 0 Å². The first-order valence-electron chi connectivity index (χ1n) is 16.8. The predicted octanol–water partition coefficient (Wildman–Crippen LogP) is 11.5. The molecule has 0 amide bonds. The van der Waals surface area contributed by atoms with Crippen molar-refractivity contribution < 1.29 is 18.8 Å².